The highest BCUT2D eigenvalue weighted by Crippen LogP contribution is 2.24. The van der Waals surface area contributed by atoms with E-state index in [0.717, 1.165) is 52.1 Å². The van der Waals surface area contributed by atoms with Crippen LogP contribution in [0.3, 0.4) is 0 Å². The third-order valence-corrected chi connectivity index (χ3v) is 4.83. The maximum absolute atomic E-state index is 11.3. The lowest BCUT2D eigenvalue weighted by atomic mass is 9.95. The fourth-order valence-corrected chi connectivity index (χ4v) is 3.11. The number of likely N-dealkylation sites (N-methyl/N-ethyl adjacent to an activating group) is 1. The van der Waals surface area contributed by atoms with Gasteiger partial charge in [0, 0.05) is 45.3 Å². The van der Waals surface area contributed by atoms with Crippen molar-refractivity contribution in [2.24, 2.45) is 0 Å². The second-order valence-electron chi connectivity index (χ2n) is 6.42. The van der Waals surface area contributed by atoms with Crippen molar-refractivity contribution in [1.82, 2.24) is 14.7 Å². The number of hydrogen-bond donors (Lipinski definition) is 1. The summed E-state index contributed by atoms with van der Waals surface area (Å²) < 4.78 is 0. The molecule has 0 unspecified atom stereocenters. The van der Waals surface area contributed by atoms with Crippen LogP contribution in [0.1, 0.15) is 26.7 Å². The summed E-state index contributed by atoms with van der Waals surface area (Å²) >= 11 is 0. The number of carboxylic acids is 1. The highest BCUT2D eigenvalue weighted by molar-refractivity contribution is 5.77. The number of carboxylic acid groups (broad SMARTS) is 1. The molecule has 0 amide bonds. The van der Waals surface area contributed by atoms with E-state index in [0.29, 0.717) is 6.04 Å². The minimum Gasteiger partial charge on any atom is -0.480 e. The lowest BCUT2D eigenvalue weighted by molar-refractivity contribution is -0.150. The summed E-state index contributed by atoms with van der Waals surface area (Å²) in [5.41, 5.74) is -0.729. The molecule has 110 valence electrons. The van der Waals surface area contributed by atoms with Gasteiger partial charge in [0.05, 0.1) is 0 Å². The van der Waals surface area contributed by atoms with Gasteiger partial charge in [0.1, 0.15) is 5.54 Å². The maximum atomic E-state index is 11.3. The summed E-state index contributed by atoms with van der Waals surface area (Å²) in [6.45, 7) is 10.0. The first-order valence-electron chi connectivity index (χ1n) is 7.32. The summed E-state index contributed by atoms with van der Waals surface area (Å²) in [6.07, 6.45) is 2.20. The van der Waals surface area contributed by atoms with Crippen LogP contribution in [0.4, 0.5) is 0 Å². The average molecular weight is 269 g/mol. The average Bonchev–Trinajstić information content (AvgIpc) is 2.39. The Balaban J connectivity index is 1.84. The molecule has 19 heavy (non-hydrogen) atoms. The van der Waals surface area contributed by atoms with Crippen molar-refractivity contribution in [3.05, 3.63) is 0 Å². The first-order valence-corrected chi connectivity index (χ1v) is 7.32. The highest BCUT2D eigenvalue weighted by Gasteiger charge is 2.37. The summed E-state index contributed by atoms with van der Waals surface area (Å²) in [5.74, 6) is -0.717. The van der Waals surface area contributed by atoms with Crippen LogP contribution in [0.2, 0.25) is 0 Å². The molecule has 0 aliphatic carbocycles. The van der Waals surface area contributed by atoms with E-state index in [1.165, 1.54) is 0 Å². The molecule has 2 saturated heterocycles. The Morgan fingerprint density at radius 2 is 1.58 bits per heavy atom. The smallest absolute Gasteiger partial charge is 0.323 e. The molecule has 2 aliphatic heterocycles. The van der Waals surface area contributed by atoms with Crippen molar-refractivity contribution in [3.63, 3.8) is 0 Å². The first kappa shape index (κ1) is 14.8. The van der Waals surface area contributed by atoms with E-state index >= 15 is 0 Å². The Morgan fingerprint density at radius 1 is 1.05 bits per heavy atom. The number of hydrogen-bond acceptors (Lipinski definition) is 4. The van der Waals surface area contributed by atoms with Crippen molar-refractivity contribution in [3.8, 4) is 0 Å². The number of likely N-dealkylation sites (tertiary alicyclic amines) is 1. The molecule has 0 bridgehead atoms. The van der Waals surface area contributed by atoms with Gasteiger partial charge >= 0.3 is 5.97 Å². The van der Waals surface area contributed by atoms with E-state index in [-0.39, 0.29) is 0 Å². The van der Waals surface area contributed by atoms with Crippen molar-refractivity contribution in [2.75, 3.05) is 46.3 Å². The van der Waals surface area contributed by atoms with Gasteiger partial charge in [-0.05, 0) is 33.7 Å². The van der Waals surface area contributed by atoms with Gasteiger partial charge in [-0.2, -0.15) is 0 Å². The van der Waals surface area contributed by atoms with Crippen molar-refractivity contribution in [2.45, 2.75) is 38.3 Å². The number of piperidine rings is 1. The molecule has 2 rings (SSSR count). The molecule has 5 heteroatoms. The molecule has 1 N–H and O–H groups in total. The first-order chi connectivity index (χ1) is 8.91. The van der Waals surface area contributed by atoms with E-state index in [2.05, 4.69) is 21.7 Å². The predicted molar refractivity (Wildman–Crippen MR) is 75.4 cm³/mol. The topological polar surface area (TPSA) is 47.0 Å². The molecule has 2 fully saturated rings. The second kappa shape index (κ2) is 5.77. The van der Waals surface area contributed by atoms with Gasteiger partial charge in [0.25, 0.3) is 0 Å². The predicted octanol–water partition coefficient (Wildman–Crippen LogP) is 0.561. The number of nitrogens with zero attached hydrogens (tertiary/aromatic N) is 3. The Bertz CT molecular complexity index is 317. The fourth-order valence-electron chi connectivity index (χ4n) is 3.11. The van der Waals surface area contributed by atoms with E-state index < -0.39 is 11.5 Å². The largest absolute Gasteiger partial charge is 0.480 e. The van der Waals surface area contributed by atoms with Crippen molar-refractivity contribution >= 4 is 5.97 Å². The summed E-state index contributed by atoms with van der Waals surface area (Å²) in [6, 6.07) is 0.648. The molecule has 0 aromatic carbocycles. The van der Waals surface area contributed by atoms with E-state index in [4.69, 9.17) is 0 Å². The molecule has 0 radical (unpaired) electrons. The van der Waals surface area contributed by atoms with Gasteiger partial charge < -0.3 is 10.0 Å². The molecule has 0 spiro atoms. The lowest BCUT2D eigenvalue weighted by Gasteiger charge is -2.45. The molecule has 0 saturated carbocycles. The molecular weight excluding hydrogens is 242 g/mol. The van der Waals surface area contributed by atoms with Gasteiger partial charge in [0.2, 0.25) is 0 Å². The van der Waals surface area contributed by atoms with Gasteiger partial charge in [-0.3, -0.25) is 14.6 Å². The van der Waals surface area contributed by atoms with E-state index in [9.17, 15) is 9.90 Å². The number of piperazine rings is 1. The normalized spacial score (nSPS) is 25.6. The van der Waals surface area contributed by atoms with Crippen LogP contribution in [0.25, 0.3) is 0 Å². The van der Waals surface area contributed by atoms with Crippen LogP contribution in [0.15, 0.2) is 0 Å². The summed E-state index contributed by atoms with van der Waals surface area (Å²) in [7, 11) is 2.18. The standard InChI is InChI=1S/C14H27N3O2/c1-14(2,13(18)19)17-6-4-12(5-7-17)16-10-8-15(3)9-11-16/h12H,4-11H2,1-3H3,(H,18,19). The second-order valence-corrected chi connectivity index (χ2v) is 6.42. The molecule has 5 nitrogen and oxygen atoms in total. The van der Waals surface area contributed by atoms with Crippen LogP contribution in [0, 0.1) is 0 Å². The molecular formula is C14H27N3O2. The van der Waals surface area contributed by atoms with E-state index in [1.807, 2.05) is 13.8 Å². The van der Waals surface area contributed by atoms with Crippen LogP contribution >= 0.6 is 0 Å². The fraction of sp³-hybridized carbons (Fsp3) is 0.929. The number of carbonyl (C=O) groups is 1. The van der Waals surface area contributed by atoms with Gasteiger partial charge in [-0.15, -0.1) is 0 Å². The zero-order valence-electron chi connectivity index (χ0n) is 12.4. The SMILES string of the molecule is CN1CCN(C2CCN(C(C)(C)C(=O)O)CC2)CC1. The molecule has 0 atom stereocenters. The van der Waals surface area contributed by atoms with Crippen LogP contribution in [0.5, 0.6) is 0 Å². The number of rotatable bonds is 3. The summed E-state index contributed by atoms with van der Waals surface area (Å²) in [5, 5.41) is 9.28. The molecule has 0 aromatic rings. The molecule has 2 aliphatic rings. The van der Waals surface area contributed by atoms with Crippen LogP contribution in [-0.4, -0.2) is 83.7 Å². The highest BCUT2D eigenvalue weighted by atomic mass is 16.4. The lowest BCUT2D eigenvalue weighted by Crippen LogP contribution is -2.57. The minimum atomic E-state index is -0.729. The Kier molecular flexibility index (Phi) is 4.48. The Hall–Kier alpha value is -0.650. The Morgan fingerprint density at radius 3 is 2.05 bits per heavy atom. The maximum Gasteiger partial charge on any atom is 0.323 e. The van der Waals surface area contributed by atoms with Gasteiger partial charge in [-0.1, -0.05) is 0 Å². The third kappa shape index (κ3) is 3.27. The van der Waals surface area contributed by atoms with Crippen molar-refractivity contribution < 1.29 is 9.90 Å². The summed E-state index contributed by atoms with van der Waals surface area (Å²) in [4.78, 5) is 18.4. The van der Waals surface area contributed by atoms with Gasteiger partial charge in [-0.25, -0.2) is 0 Å². The van der Waals surface area contributed by atoms with Crippen molar-refractivity contribution in [1.29, 1.82) is 0 Å². The van der Waals surface area contributed by atoms with Crippen LogP contribution < -0.4 is 0 Å². The third-order valence-electron chi connectivity index (χ3n) is 4.83. The van der Waals surface area contributed by atoms with E-state index in [1.54, 1.807) is 0 Å². The number of aliphatic carboxylic acids is 1. The minimum absolute atomic E-state index is 0.648. The van der Waals surface area contributed by atoms with Crippen LogP contribution in [-0.2, 0) is 4.79 Å². The van der Waals surface area contributed by atoms with Gasteiger partial charge in [0.15, 0.2) is 0 Å². The Labute approximate surface area is 116 Å². The zero-order chi connectivity index (χ0) is 14.0. The molecule has 0 aromatic heterocycles. The monoisotopic (exact) mass is 269 g/mol. The molecule has 2 heterocycles. The zero-order valence-corrected chi connectivity index (χ0v) is 12.4. The quantitative estimate of drug-likeness (QED) is 0.811.